The van der Waals surface area contributed by atoms with Gasteiger partial charge >= 0.3 is 0 Å². The zero-order chi connectivity index (χ0) is 34.6. The molecule has 0 amide bonds. The largest absolute Gasteiger partial charge is 0.456 e. The lowest BCUT2D eigenvalue weighted by molar-refractivity contribution is 0.669. The van der Waals surface area contributed by atoms with E-state index in [1.54, 1.807) is 6.08 Å². The Hall–Kier alpha value is -5.70. The molecule has 0 radical (unpaired) electrons. The SMILES string of the molecule is C=C/C=C\C(=C)c1ccccccc(/C(C)=C/C(=C\C)C/C=c2\c(=C/C)sc3c2ccc2cc4c(cc23)oc2ccccc24)c2ccccc12. The molecule has 0 aliphatic rings. The molecule has 50 heavy (non-hydrogen) atoms. The fourth-order valence-electron chi connectivity index (χ4n) is 6.86. The summed E-state index contributed by atoms with van der Waals surface area (Å²) >= 11 is 1.86. The Balaban J connectivity index is 1.32. The van der Waals surface area contributed by atoms with Crippen LogP contribution in [0.25, 0.3) is 76.9 Å². The number of allylic oxidation sites excluding steroid dienone is 8. The molecule has 0 saturated carbocycles. The smallest absolute Gasteiger partial charge is 0.136 e. The summed E-state index contributed by atoms with van der Waals surface area (Å²) in [5.74, 6) is 0. The van der Waals surface area contributed by atoms with Crippen LogP contribution in [0.4, 0.5) is 0 Å². The van der Waals surface area contributed by atoms with Gasteiger partial charge < -0.3 is 4.42 Å². The average molecular weight is 665 g/mol. The number of fused-ring (bicyclic) bond motifs is 7. The van der Waals surface area contributed by atoms with Crippen LogP contribution >= 0.6 is 11.3 Å². The highest BCUT2D eigenvalue weighted by molar-refractivity contribution is 7.18. The predicted molar refractivity (Wildman–Crippen MR) is 222 cm³/mol. The van der Waals surface area contributed by atoms with Gasteiger partial charge in [-0.05, 0) is 94.6 Å². The van der Waals surface area contributed by atoms with Gasteiger partial charge in [-0.2, -0.15) is 0 Å². The Morgan fingerprint density at radius 2 is 1.42 bits per heavy atom. The van der Waals surface area contributed by atoms with Crippen LogP contribution in [-0.2, 0) is 0 Å². The van der Waals surface area contributed by atoms with Crippen molar-refractivity contribution >= 4 is 88.2 Å². The number of hydrogen-bond acceptors (Lipinski definition) is 2. The standard InChI is InChI=1S/C48H40OS/c1-6-9-18-32(4)36-19-12-10-11-13-20-37(39-22-15-14-21-38(36)39)33(5)29-34(7-2)25-27-41-42-28-26-35-30-44-40-23-16-17-24-45(40)49-46(44)31-43(35)48(42)50-47(41)8-3/h6-24,26-31H,1,4,25H2,2-3,5H3/b11-10?,12-10?,13-11?,18-9-,19-12?,20-13?,33-29+,34-7-,36-19?,37-20?,38-36?,39-37?,41-27-,47-8+. The molecular weight excluding hydrogens is 625 g/mol. The molecule has 0 fully saturated rings. The molecule has 2 heteroatoms. The maximum absolute atomic E-state index is 6.29. The highest BCUT2D eigenvalue weighted by atomic mass is 32.1. The van der Waals surface area contributed by atoms with Gasteiger partial charge in [0, 0.05) is 30.8 Å². The van der Waals surface area contributed by atoms with Crippen molar-refractivity contribution in [3.63, 3.8) is 0 Å². The molecule has 0 aliphatic heterocycles. The number of para-hydroxylation sites is 1. The van der Waals surface area contributed by atoms with Crippen LogP contribution in [0.3, 0.4) is 0 Å². The van der Waals surface area contributed by atoms with E-state index in [2.05, 4.69) is 155 Å². The Bertz CT molecular complexity index is 2740. The maximum atomic E-state index is 6.29. The minimum Gasteiger partial charge on any atom is -0.456 e. The van der Waals surface area contributed by atoms with E-state index in [4.69, 9.17) is 4.42 Å². The number of hydrogen-bond donors (Lipinski definition) is 0. The van der Waals surface area contributed by atoms with E-state index >= 15 is 0 Å². The summed E-state index contributed by atoms with van der Waals surface area (Å²) in [6, 6.07) is 38.7. The molecule has 0 saturated heterocycles. The summed E-state index contributed by atoms with van der Waals surface area (Å²) in [5, 5.41) is 9.72. The first-order chi connectivity index (χ1) is 24.5. The molecule has 0 unspecified atom stereocenters. The third kappa shape index (κ3) is 6.27. The summed E-state index contributed by atoms with van der Waals surface area (Å²) in [5.41, 5.74) is 7.55. The lowest BCUT2D eigenvalue weighted by Gasteiger charge is -2.10. The van der Waals surface area contributed by atoms with Gasteiger partial charge in [-0.3, -0.25) is 0 Å². The van der Waals surface area contributed by atoms with Crippen molar-refractivity contribution in [3.05, 3.63) is 179 Å². The first-order valence-electron chi connectivity index (χ1n) is 17.1. The fraction of sp³-hybridized carbons (Fsp3) is 0.0833. The first-order valence-corrected chi connectivity index (χ1v) is 17.9. The van der Waals surface area contributed by atoms with Crippen LogP contribution in [0.5, 0.6) is 0 Å². The Morgan fingerprint density at radius 3 is 2.16 bits per heavy atom. The minimum absolute atomic E-state index is 0.822. The number of rotatable bonds is 7. The highest BCUT2D eigenvalue weighted by Crippen LogP contribution is 2.35. The molecule has 7 rings (SSSR count). The molecule has 7 aromatic rings. The van der Waals surface area contributed by atoms with Crippen molar-refractivity contribution in [1.82, 2.24) is 0 Å². The van der Waals surface area contributed by atoms with Gasteiger partial charge in [-0.25, -0.2) is 0 Å². The van der Waals surface area contributed by atoms with Gasteiger partial charge in [-0.1, -0.05) is 147 Å². The van der Waals surface area contributed by atoms with Gasteiger partial charge in [-0.15, -0.1) is 11.3 Å². The Kier molecular flexibility index (Phi) is 9.47. The summed E-state index contributed by atoms with van der Waals surface area (Å²) in [4.78, 5) is 0. The Labute approximate surface area is 297 Å². The van der Waals surface area contributed by atoms with Gasteiger partial charge in [0.2, 0.25) is 0 Å². The quantitative estimate of drug-likeness (QED) is 0.155. The average Bonchev–Trinajstić information content (AvgIpc) is 3.70. The highest BCUT2D eigenvalue weighted by Gasteiger charge is 2.12. The van der Waals surface area contributed by atoms with Crippen LogP contribution in [0, 0.1) is 0 Å². The van der Waals surface area contributed by atoms with E-state index in [0.29, 0.717) is 0 Å². The predicted octanol–water partition coefficient (Wildman–Crippen LogP) is 13.0. The molecule has 2 aromatic heterocycles. The maximum Gasteiger partial charge on any atom is 0.136 e. The number of thiophene rings is 1. The summed E-state index contributed by atoms with van der Waals surface area (Å²) in [6.45, 7) is 14.7. The number of benzene rings is 4. The van der Waals surface area contributed by atoms with E-state index in [1.165, 1.54) is 58.1 Å². The third-order valence-electron chi connectivity index (χ3n) is 9.38. The van der Waals surface area contributed by atoms with Crippen molar-refractivity contribution in [1.29, 1.82) is 0 Å². The summed E-state index contributed by atoms with van der Waals surface area (Å²) in [6.07, 6.45) is 15.8. The molecule has 0 bridgehead atoms. The van der Waals surface area contributed by atoms with E-state index in [1.807, 2.05) is 35.6 Å². The molecule has 5 aromatic carbocycles. The van der Waals surface area contributed by atoms with Gasteiger partial charge in [0.15, 0.2) is 0 Å². The van der Waals surface area contributed by atoms with E-state index in [9.17, 15) is 0 Å². The lowest BCUT2D eigenvalue weighted by atomic mass is 9.95. The summed E-state index contributed by atoms with van der Waals surface area (Å²) < 4.78 is 8.88. The van der Waals surface area contributed by atoms with E-state index in [0.717, 1.165) is 39.5 Å². The molecule has 0 N–H and O–H groups in total. The van der Waals surface area contributed by atoms with Crippen LogP contribution in [0.2, 0.25) is 0 Å². The van der Waals surface area contributed by atoms with Gasteiger partial charge in [0.05, 0.1) is 0 Å². The van der Waals surface area contributed by atoms with E-state index < -0.39 is 0 Å². The van der Waals surface area contributed by atoms with Crippen molar-refractivity contribution in [3.8, 4) is 0 Å². The second-order valence-corrected chi connectivity index (χ2v) is 13.5. The number of furan rings is 1. The van der Waals surface area contributed by atoms with Crippen LogP contribution in [0.15, 0.2) is 163 Å². The molecule has 2 heterocycles. The molecule has 1 nitrogen and oxygen atoms in total. The zero-order valence-corrected chi connectivity index (χ0v) is 29.7. The van der Waals surface area contributed by atoms with Gasteiger partial charge in [0.25, 0.3) is 0 Å². The molecule has 0 aliphatic carbocycles. The summed E-state index contributed by atoms with van der Waals surface area (Å²) in [7, 11) is 0. The molecule has 244 valence electrons. The topological polar surface area (TPSA) is 13.1 Å². The normalized spacial score (nSPS) is 13.3. The van der Waals surface area contributed by atoms with Crippen LogP contribution in [-0.4, -0.2) is 0 Å². The van der Waals surface area contributed by atoms with Crippen LogP contribution < -0.4 is 9.75 Å². The molecular formula is C48H40OS. The van der Waals surface area contributed by atoms with Crippen molar-refractivity contribution in [2.24, 2.45) is 0 Å². The first kappa shape index (κ1) is 32.8. The zero-order valence-electron chi connectivity index (χ0n) is 28.9. The Morgan fingerprint density at radius 1 is 0.720 bits per heavy atom. The minimum atomic E-state index is 0.822. The van der Waals surface area contributed by atoms with Crippen molar-refractivity contribution < 1.29 is 4.42 Å². The van der Waals surface area contributed by atoms with Crippen molar-refractivity contribution in [2.75, 3.05) is 0 Å². The fourth-order valence-corrected chi connectivity index (χ4v) is 8.07. The monoisotopic (exact) mass is 664 g/mol. The van der Waals surface area contributed by atoms with Gasteiger partial charge in [0.1, 0.15) is 11.2 Å². The van der Waals surface area contributed by atoms with Crippen molar-refractivity contribution in [2.45, 2.75) is 27.2 Å². The lowest BCUT2D eigenvalue weighted by Crippen LogP contribution is -2.17. The van der Waals surface area contributed by atoms with E-state index in [-0.39, 0.29) is 0 Å². The van der Waals surface area contributed by atoms with Crippen LogP contribution in [0.1, 0.15) is 38.3 Å². The molecule has 0 spiro atoms. The molecule has 0 atom stereocenters. The third-order valence-corrected chi connectivity index (χ3v) is 10.7. The second kappa shape index (κ2) is 14.4. The second-order valence-electron chi connectivity index (χ2n) is 12.5.